The molecule has 2 rings (SSSR count). The molecule has 2 aromatic carbocycles. The van der Waals surface area contributed by atoms with Gasteiger partial charge in [0.15, 0.2) is 17.3 Å². The molecule has 0 aliphatic rings. The molecular formula is C15H9ClFNO2. The Hall–Kier alpha value is -2.38. The topological polar surface area (TPSA) is 50.1 Å². The standard InChI is InChI=1S/C15H9ClFNO2/c1-9(19)11-6-5-10(8-18)7-14(11)20-13-4-2-3-12(16)15(13)17/h2-7H,1H3. The first-order chi connectivity index (χ1) is 9.52. The van der Waals surface area contributed by atoms with Gasteiger partial charge >= 0.3 is 0 Å². The first-order valence-corrected chi connectivity index (χ1v) is 6.07. The van der Waals surface area contributed by atoms with Crippen LogP contribution in [0.2, 0.25) is 5.02 Å². The number of ketones is 1. The summed E-state index contributed by atoms with van der Waals surface area (Å²) in [6.07, 6.45) is 0. The van der Waals surface area contributed by atoms with E-state index in [1.54, 1.807) is 0 Å². The molecule has 0 aromatic heterocycles. The van der Waals surface area contributed by atoms with Crippen LogP contribution in [0.3, 0.4) is 0 Å². The summed E-state index contributed by atoms with van der Waals surface area (Å²) in [5.41, 5.74) is 0.579. The Bertz CT molecular complexity index is 722. The van der Waals surface area contributed by atoms with Crippen molar-refractivity contribution >= 4 is 17.4 Å². The molecule has 100 valence electrons. The predicted molar refractivity (Wildman–Crippen MR) is 72.6 cm³/mol. The fourth-order valence-corrected chi connectivity index (χ4v) is 1.81. The van der Waals surface area contributed by atoms with Crippen molar-refractivity contribution in [3.63, 3.8) is 0 Å². The Balaban J connectivity index is 2.49. The highest BCUT2D eigenvalue weighted by Gasteiger charge is 2.14. The van der Waals surface area contributed by atoms with E-state index >= 15 is 0 Å². The van der Waals surface area contributed by atoms with E-state index in [1.807, 2.05) is 6.07 Å². The van der Waals surface area contributed by atoms with Crippen molar-refractivity contribution in [3.8, 4) is 17.6 Å². The van der Waals surface area contributed by atoms with Crippen LogP contribution >= 0.6 is 11.6 Å². The summed E-state index contributed by atoms with van der Waals surface area (Å²) >= 11 is 5.67. The Morgan fingerprint density at radius 3 is 2.70 bits per heavy atom. The second-order valence-electron chi connectivity index (χ2n) is 4.03. The summed E-state index contributed by atoms with van der Waals surface area (Å²) in [5, 5.41) is 8.79. The summed E-state index contributed by atoms with van der Waals surface area (Å²) in [7, 11) is 0. The molecular weight excluding hydrogens is 281 g/mol. The minimum absolute atomic E-state index is 0.0803. The summed E-state index contributed by atoms with van der Waals surface area (Å²) < 4.78 is 19.2. The Labute approximate surface area is 120 Å². The number of carbonyl (C=O) groups excluding carboxylic acids is 1. The van der Waals surface area contributed by atoms with Gasteiger partial charge in [0.25, 0.3) is 0 Å². The molecule has 3 nitrogen and oxygen atoms in total. The molecule has 0 unspecified atom stereocenters. The third-order valence-corrected chi connectivity index (χ3v) is 2.92. The molecule has 0 amide bonds. The lowest BCUT2D eigenvalue weighted by atomic mass is 10.1. The maximum Gasteiger partial charge on any atom is 0.184 e. The van der Waals surface area contributed by atoms with E-state index in [1.165, 1.54) is 43.3 Å². The summed E-state index contributed by atoms with van der Waals surface area (Å²) in [4.78, 5) is 11.5. The quantitative estimate of drug-likeness (QED) is 0.790. The summed E-state index contributed by atoms with van der Waals surface area (Å²) in [5.74, 6) is -0.939. The van der Waals surface area contributed by atoms with E-state index in [2.05, 4.69) is 0 Å². The molecule has 0 N–H and O–H groups in total. The van der Waals surface area contributed by atoms with Crippen molar-refractivity contribution in [2.45, 2.75) is 6.92 Å². The van der Waals surface area contributed by atoms with Crippen molar-refractivity contribution in [1.29, 1.82) is 5.26 Å². The average molecular weight is 290 g/mol. The fraction of sp³-hybridized carbons (Fsp3) is 0.0667. The van der Waals surface area contributed by atoms with E-state index in [-0.39, 0.29) is 27.9 Å². The van der Waals surface area contributed by atoms with E-state index < -0.39 is 5.82 Å². The van der Waals surface area contributed by atoms with Gasteiger partial charge < -0.3 is 4.74 Å². The van der Waals surface area contributed by atoms with Gasteiger partial charge in [0.1, 0.15) is 5.75 Å². The zero-order valence-corrected chi connectivity index (χ0v) is 11.2. The lowest BCUT2D eigenvalue weighted by Gasteiger charge is -2.11. The molecule has 0 fully saturated rings. The number of hydrogen-bond acceptors (Lipinski definition) is 3. The van der Waals surface area contributed by atoms with Crippen molar-refractivity contribution in [2.75, 3.05) is 0 Å². The zero-order valence-electron chi connectivity index (χ0n) is 10.5. The largest absolute Gasteiger partial charge is 0.453 e. The first kappa shape index (κ1) is 14.0. The highest BCUT2D eigenvalue weighted by Crippen LogP contribution is 2.31. The highest BCUT2D eigenvalue weighted by molar-refractivity contribution is 6.30. The smallest absolute Gasteiger partial charge is 0.184 e. The van der Waals surface area contributed by atoms with E-state index in [0.29, 0.717) is 5.56 Å². The van der Waals surface area contributed by atoms with Gasteiger partial charge in [0, 0.05) is 0 Å². The molecule has 20 heavy (non-hydrogen) atoms. The normalized spacial score (nSPS) is 9.90. The molecule has 0 radical (unpaired) electrons. The third-order valence-electron chi connectivity index (χ3n) is 2.63. The lowest BCUT2D eigenvalue weighted by Crippen LogP contribution is -1.99. The van der Waals surface area contributed by atoms with Crippen molar-refractivity contribution in [1.82, 2.24) is 0 Å². The third kappa shape index (κ3) is 2.79. The number of Topliss-reactive ketones (excluding diaryl/α,β-unsaturated/α-hetero) is 1. The minimum atomic E-state index is -0.717. The number of benzene rings is 2. The van der Waals surface area contributed by atoms with Crippen LogP contribution in [0.5, 0.6) is 11.5 Å². The van der Waals surface area contributed by atoms with Gasteiger partial charge in [-0.25, -0.2) is 4.39 Å². The molecule has 2 aromatic rings. The van der Waals surface area contributed by atoms with Crippen LogP contribution in [0.4, 0.5) is 4.39 Å². The SMILES string of the molecule is CC(=O)c1ccc(C#N)cc1Oc1cccc(Cl)c1F. The van der Waals surface area contributed by atoms with Crippen LogP contribution in [0.15, 0.2) is 36.4 Å². The van der Waals surface area contributed by atoms with Crippen LogP contribution < -0.4 is 4.74 Å². The van der Waals surface area contributed by atoms with Gasteiger partial charge in [0.05, 0.1) is 22.2 Å². The van der Waals surface area contributed by atoms with Crippen molar-refractivity contribution < 1.29 is 13.9 Å². The number of carbonyl (C=O) groups is 1. The van der Waals surface area contributed by atoms with Gasteiger partial charge in [-0.3, -0.25) is 4.79 Å². The van der Waals surface area contributed by atoms with E-state index in [9.17, 15) is 9.18 Å². The number of nitriles is 1. The van der Waals surface area contributed by atoms with Crippen LogP contribution in [0.1, 0.15) is 22.8 Å². The van der Waals surface area contributed by atoms with Gasteiger partial charge in [-0.1, -0.05) is 17.7 Å². The number of ether oxygens (including phenoxy) is 1. The molecule has 0 heterocycles. The number of halogens is 2. The van der Waals surface area contributed by atoms with Crippen LogP contribution in [-0.2, 0) is 0 Å². The minimum Gasteiger partial charge on any atom is -0.453 e. The molecule has 5 heteroatoms. The van der Waals surface area contributed by atoms with Gasteiger partial charge in [-0.05, 0) is 37.3 Å². The van der Waals surface area contributed by atoms with Crippen LogP contribution in [-0.4, -0.2) is 5.78 Å². The Morgan fingerprint density at radius 2 is 2.05 bits per heavy atom. The number of nitrogens with zero attached hydrogens (tertiary/aromatic N) is 1. The van der Waals surface area contributed by atoms with Crippen molar-refractivity contribution in [3.05, 3.63) is 58.4 Å². The summed E-state index contributed by atoms with van der Waals surface area (Å²) in [6.45, 7) is 1.36. The van der Waals surface area contributed by atoms with Crippen LogP contribution in [0, 0.1) is 17.1 Å². The van der Waals surface area contributed by atoms with Crippen LogP contribution in [0.25, 0.3) is 0 Å². The zero-order chi connectivity index (χ0) is 14.7. The maximum absolute atomic E-state index is 13.8. The monoisotopic (exact) mass is 289 g/mol. The molecule has 0 spiro atoms. The molecule has 0 saturated carbocycles. The van der Waals surface area contributed by atoms with Crippen molar-refractivity contribution in [2.24, 2.45) is 0 Å². The Kier molecular flexibility index (Phi) is 4.02. The molecule has 0 bridgehead atoms. The van der Waals surface area contributed by atoms with E-state index in [4.69, 9.17) is 21.6 Å². The predicted octanol–water partition coefficient (Wildman–Crippen LogP) is 4.35. The number of hydrogen-bond donors (Lipinski definition) is 0. The highest BCUT2D eigenvalue weighted by atomic mass is 35.5. The Morgan fingerprint density at radius 1 is 1.30 bits per heavy atom. The molecule has 0 aliphatic carbocycles. The molecule has 0 saturated heterocycles. The summed E-state index contributed by atoms with van der Waals surface area (Å²) in [6, 6.07) is 10.6. The number of rotatable bonds is 3. The molecule has 0 atom stereocenters. The lowest BCUT2D eigenvalue weighted by molar-refractivity contribution is 0.101. The average Bonchev–Trinajstić information content (AvgIpc) is 2.43. The maximum atomic E-state index is 13.8. The molecule has 0 aliphatic heterocycles. The second-order valence-corrected chi connectivity index (χ2v) is 4.44. The second kappa shape index (κ2) is 5.72. The van der Waals surface area contributed by atoms with Gasteiger partial charge in [-0.2, -0.15) is 5.26 Å². The van der Waals surface area contributed by atoms with E-state index in [0.717, 1.165) is 0 Å². The fourth-order valence-electron chi connectivity index (χ4n) is 1.65. The first-order valence-electron chi connectivity index (χ1n) is 5.70. The van der Waals surface area contributed by atoms with Gasteiger partial charge in [0.2, 0.25) is 0 Å². The van der Waals surface area contributed by atoms with Gasteiger partial charge in [-0.15, -0.1) is 0 Å².